The molecule has 0 spiro atoms. The van der Waals surface area contributed by atoms with E-state index in [-0.39, 0.29) is 6.61 Å². The molecule has 21 heavy (non-hydrogen) atoms. The normalized spacial score (nSPS) is 10.2. The van der Waals surface area contributed by atoms with Crippen LogP contribution in [0.3, 0.4) is 0 Å². The Morgan fingerprint density at radius 2 is 2.05 bits per heavy atom. The first-order chi connectivity index (χ1) is 10.2. The number of hydrogen-bond acceptors (Lipinski definition) is 4. The lowest BCUT2D eigenvalue weighted by Crippen LogP contribution is -2.04. The molecular weight excluding hydrogens is 306 g/mol. The number of aromatic nitrogens is 3. The van der Waals surface area contributed by atoms with Crippen LogP contribution in [0.25, 0.3) is 0 Å². The number of aliphatic hydroxyl groups excluding tert-OH is 1. The van der Waals surface area contributed by atoms with E-state index in [1.807, 2.05) is 28.8 Å². The summed E-state index contributed by atoms with van der Waals surface area (Å²) >= 11 is 7.35. The van der Waals surface area contributed by atoms with Crippen LogP contribution in [0.5, 0.6) is 0 Å². The third kappa shape index (κ3) is 4.50. The van der Waals surface area contributed by atoms with E-state index in [4.69, 9.17) is 11.6 Å². The smallest absolute Gasteiger partial charge is 0.192 e. The van der Waals surface area contributed by atoms with E-state index in [1.54, 1.807) is 0 Å². The zero-order chi connectivity index (χ0) is 15.1. The highest BCUT2D eigenvalue weighted by atomic mass is 35.5. The molecule has 1 aromatic heterocycles. The van der Waals surface area contributed by atoms with Crippen molar-refractivity contribution in [3.05, 3.63) is 40.7 Å². The van der Waals surface area contributed by atoms with Gasteiger partial charge in [0.1, 0.15) is 6.61 Å². The number of hydrogen-bond donors (Lipinski definition) is 1. The van der Waals surface area contributed by atoms with Gasteiger partial charge >= 0.3 is 0 Å². The number of aliphatic hydroxyl groups is 1. The Kier molecular flexibility index (Phi) is 6.12. The summed E-state index contributed by atoms with van der Waals surface area (Å²) in [6.45, 7) is 2.79. The highest BCUT2D eigenvalue weighted by molar-refractivity contribution is 7.99. The molecule has 0 atom stereocenters. The summed E-state index contributed by atoms with van der Waals surface area (Å²) in [4.78, 5) is 0. The van der Waals surface area contributed by atoms with Gasteiger partial charge in [0.25, 0.3) is 0 Å². The Labute approximate surface area is 133 Å². The lowest BCUT2D eigenvalue weighted by Gasteiger charge is -2.05. The molecule has 0 radical (unpaired) electrons. The van der Waals surface area contributed by atoms with Gasteiger partial charge in [-0.25, -0.2) is 0 Å². The molecule has 0 bridgehead atoms. The van der Waals surface area contributed by atoms with Crippen LogP contribution in [0.2, 0.25) is 5.02 Å². The van der Waals surface area contributed by atoms with Crippen LogP contribution in [0.4, 0.5) is 0 Å². The fourth-order valence-electron chi connectivity index (χ4n) is 1.76. The van der Waals surface area contributed by atoms with Crippen LogP contribution in [-0.4, -0.2) is 25.6 Å². The monoisotopic (exact) mass is 321 g/mol. The summed E-state index contributed by atoms with van der Waals surface area (Å²) in [5.74, 6) is 7.39. The molecule has 0 unspecified atom stereocenters. The molecule has 0 aliphatic carbocycles. The highest BCUT2D eigenvalue weighted by Gasteiger charge is 2.10. The minimum absolute atomic E-state index is 0.0932. The maximum atomic E-state index is 9.23. The van der Waals surface area contributed by atoms with Crippen molar-refractivity contribution in [3.8, 4) is 11.8 Å². The van der Waals surface area contributed by atoms with Crippen LogP contribution in [0.1, 0.15) is 24.7 Å². The second-order valence-corrected chi connectivity index (χ2v) is 5.68. The molecule has 0 saturated carbocycles. The van der Waals surface area contributed by atoms with Crippen LogP contribution < -0.4 is 0 Å². The molecule has 6 heteroatoms. The van der Waals surface area contributed by atoms with E-state index < -0.39 is 0 Å². The summed E-state index contributed by atoms with van der Waals surface area (Å²) in [6, 6.07) is 7.43. The second kappa shape index (κ2) is 8.08. The Bertz CT molecular complexity index is 643. The van der Waals surface area contributed by atoms with Crippen molar-refractivity contribution < 1.29 is 5.11 Å². The zero-order valence-electron chi connectivity index (χ0n) is 11.7. The van der Waals surface area contributed by atoms with Gasteiger partial charge in [0.15, 0.2) is 11.0 Å². The number of halogens is 1. The van der Waals surface area contributed by atoms with Gasteiger partial charge in [-0.1, -0.05) is 42.1 Å². The number of nitrogens with zero attached hydrogens (tertiary/aromatic N) is 3. The third-order valence-electron chi connectivity index (χ3n) is 2.73. The lowest BCUT2D eigenvalue weighted by atomic mass is 10.2. The van der Waals surface area contributed by atoms with Gasteiger partial charge < -0.3 is 9.67 Å². The van der Waals surface area contributed by atoms with Crippen LogP contribution in [0.15, 0.2) is 29.4 Å². The van der Waals surface area contributed by atoms with Crippen LogP contribution in [-0.2, 0) is 13.2 Å². The third-order valence-corrected chi connectivity index (χ3v) is 3.83. The quantitative estimate of drug-likeness (QED) is 0.679. The van der Waals surface area contributed by atoms with Gasteiger partial charge in [0.05, 0.1) is 5.75 Å². The molecule has 1 heterocycles. The molecule has 0 aliphatic rings. The van der Waals surface area contributed by atoms with E-state index in [1.165, 1.54) is 11.8 Å². The van der Waals surface area contributed by atoms with Crippen molar-refractivity contribution >= 4 is 23.4 Å². The van der Waals surface area contributed by atoms with Crippen molar-refractivity contribution in [2.45, 2.75) is 31.7 Å². The molecule has 2 aromatic rings. The summed E-state index contributed by atoms with van der Waals surface area (Å²) in [7, 11) is 0. The zero-order valence-corrected chi connectivity index (χ0v) is 13.3. The van der Waals surface area contributed by atoms with Crippen molar-refractivity contribution in [3.63, 3.8) is 0 Å². The first-order valence-electron chi connectivity index (χ1n) is 6.64. The number of rotatable bonds is 5. The Morgan fingerprint density at radius 1 is 1.29 bits per heavy atom. The Hall–Kier alpha value is -1.48. The first kappa shape index (κ1) is 15.9. The molecule has 0 saturated heterocycles. The van der Waals surface area contributed by atoms with E-state index in [9.17, 15) is 5.11 Å². The first-order valence-corrected chi connectivity index (χ1v) is 8.01. The second-order valence-electron chi connectivity index (χ2n) is 4.31. The summed E-state index contributed by atoms with van der Waals surface area (Å²) in [5.41, 5.74) is 0.936. The van der Waals surface area contributed by atoms with Crippen molar-refractivity contribution in [2.24, 2.45) is 0 Å². The average molecular weight is 322 g/mol. The number of thioether (sulfide) groups is 1. The maximum absolute atomic E-state index is 9.23. The highest BCUT2D eigenvalue weighted by Crippen LogP contribution is 2.17. The molecule has 4 nitrogen and oxygen atoms in total. The Balaban J connectivity index is 1.97. The van der Waals surface area contributed by atoms with Crippen molar-refractivity contribution in [2.75, 3.05) is 5.75 Å². The average Bonchev–Trinajstić information content (AvgIpc) is 2.88. The van der Waals surface area contributed by atoms with Crippen molar-refractivity contribution in [1.82, 2.24) is 14.8 Å². The largest absolute Gasteiger partial charge is 0.388 e. The fraction of sp³-hybridized carbons (Fsp3) is 0.333. The van der Waals surface area contributed by atoms with Gasteiger partial charge in [-0.3, -0.25) is 0 Å². The Morgan fingerprint density at radius 3 is 2.71 bits per heavy atom. The predicted octanol–water partition coefficient (Wildman–Crippen LogP) is 2.98. The molecule has 1 N–H and O–H groups in total. The van der Waals surface area contributed by atoms with Gasteiger partial charge in [-0.05, 0) is 30.7 Å². The van der Waals surface area contributed by atoms with Crippen LogP contribution >= 0.6 is 23.4 Å². The minimum Gasteiger partial charge on any atom is -0.388 e. The minimum atomic E-state index is -0.0932. The van der Waals surface area contributed by atoms with E-state index in [2.05, 4.69) is 29.0 Å². The topological polar surface area (TPSA) is 50.9 Å². The molecule has 0 fully saturated rings. The molecular formula is C15H16ClN3OS. The fourth-order valence-corrected chi connectivity index (χ4v) is 2.61. The number of benzene rings is 1. The van der Waals surface area contributed by atoms with Gasteiger partial charge in [-0.15, -0.1) is 10.2 Å². The van der Waals surface area contributed by atoms with E-state index in [0.717, 1.165) is 23.7 Å². The SMILES string of the molecule is CCCn1c(CO)nnc1SCC#Cc1ccc(Cl)cc1. The standard InChI is InChI=1S/C15H16ClN3OS/c1-2-9-19-14(11-20)17-18-15(19)21-10-3-4-12-5-7-13(16)8-6-12/h5-8,20H,2,9-11H2,1H3. The van der Waals surface area contributed by atoms with Gasteiger partial charge in [-0.2, -0.15) is 0 Å². The summed E-state index contributed by atoms with van der Waals surface area (Å²) in [6.07, 6.45) is 0.967. The maximum Gasteiger partial charge on any atom is 0.192 e. The molecule has 1 aromatic carbocycles. The predicted molar refractivity (Wildman–Crippen MR) is 85.3 cm³/mol. The molecule has 0 amide bonds. The lowest BCUT2D eigenvalue weighted by molar-refractivity contribution is 0.263. The van der Waals surface area contributed by atoms with E-state index in [0.29, 0.717) is 16.6 Å². The molecule has 110 valence electrons. The van der Waals surface area contributed by atoms with E-state index >= 15 is 0 Å². The van der Waals surface area contributed by atoms with Gasteiger partial charge in [0.2, 0.25) is 0 Å². The summed E-state index contributed by atoms with van der Waals surface area (Å²) in [5, 5.41) is 18.8. The molecule has 2 rings (SSSR count). The van der Waals surface area contributed by atoms with Crippen LogP contribution in [0, 0.1) is 11.8 Å². The summed E-state index contributed by atoms with van der Waals surface area (Å²) < 4.78 is 1.94. The molecule has 0 aliphatic heterocycles. The van der Waals surface area contributed by atoms with Gasteiger partial charge in [0, 0.05) is 17.1 Å². The van der Waals surface area contributed by atoms with Crippen molar-refractivity contribution in [1.29, 1.82) is 0 Å².